The number of amides is 1. The minimum Gasteiger partial charge on any atom is -0.490 e. The van der Waals surface area contributed by atoms with Crippen molar-refractivity contribution >= 4 is 17.5 Å². The molecule has 1 aliphatic carbocycles. The van der Waals surface area contributed by atoms with Gasteiger partial charge in [0.2, 0.25) is 5.91 Å². The van der Waals surface area contributed by atoms with Gasteiger partial charge in [-0.2, -0.15) is 0 Å². The summed E-state index contributed by atoms with van der Waals surface area (Å²) in [6.45, 7) is 0. The number of ether oxygens (including phenoxy) is 1. The molecule has 0 unspecified atom stereocenters. The molecule has 3 nitrogen and oxygen atoms in total. The fourth-order valence-electron chi connectivity index (χ4n) is 1.74. The third-order valence-corrected chi connectivity index (χ3v) is 2.87. The van der Waals surface area contributed by atoms with Gasteiger partial charge in [-0.15, -0.1) is 11.6 Å². The molecule has 0 atom stereocenters. The molecule has 0 saturated heterocycles. The molecule has 0 radical (unpaired) electrons. The van der Waals surface area contributed by atoms with Crippen LogP contribution in [0.15, 0.2) is 30.3 Å². The second-order valence-corrected chi connectivity index (χ2v) is 4.19. The van der Waals surface area contributed by atoms with Crippen LogP contribution in [0.5, 0.6) is 5.75 Å². The summed E-state index contributed by atoms with van der Waals surface area (Å²) < 4.78 is 5.71. The fraction of sp³-hybridized carbons (Fsp3) is 0.417. The minimum absolute atomic E-state index is 0.0285. The van der Waals surface area contributed by atoms with Crippen LogP contribution in [0.4, 0.5) is 0 Å². The Labute approximate surface area is 99.7 Å². The first-order valence-corrected chi connectivity index (χ1v) is 5.88. The van der Waals surface area contributed by atoms with Crippen LogP contribution < -0.4 is 10.1 Å². The third kappa shape index (κ3) is 2.89. The minimum atomic E-state index is -0.107. The van der Waals surface area contributed by atoms with Gasteiger partial charge in [0.15, 0.2) is 0 Å². The number of carbonyl (C=O) groups is 1. The first-order valence-electron chi connectivity index (χ1n) is 5.35. The van der Waals surface area contributed by atoms with E-state index in [4.69, 9.17) is 16.3 Å². The van der Waals surface area contributed by atoms with Crippen LogP contribution in [0, 0.1) is 0 Å². The van der Waals surface area contributed by atoms with Gasteiger partial charge in [0.25, 0.3) is 0 Å². The highest BCUT2D eigenvalue weighted by atomic mass is 35.5. The molecule has 0 aromatic heterocycles. The van der Waals surface area contributed by atoms with Crippen molar-refractivity contribution in [3.8, 4) is 5.75 Å². The van der Waals surface area contributed by atoms with Crippen molar-refractivity contribution in [1.29, 1.82) is 0 Å². The van der Waals surface area contributed by atoms with Crippen molar-refractivity contribution in [3.05, 3.63) is 30.3 Å². The van der Waals surface area contributed by atoms with E-state index in [1.807, 2.05) is 30.3 Å². The lowest BCUT2D eigenvalue weighted by atomic mass is 9.89. The number of hydrogen-bond acceptors (Lipinski definition) is 2. The largest absolute Gasteiger partial charge is 0.490 e. The molecule has 2 rings (SSSR count). The van der Waals surface area contributed by atoms with Gasteiger partial charge in [0, 0.05) is 18.9 Å². The Morgan fingerprint density at radius 2 is 2.06 bits per heavy atom. The fourth-order valence-corrected chi connectivity index (χ4v) is 1.81. The van der Waals surface area contributed by atoms with Gasteiger partial charge < -0.3 is 10.1 Å². The molecule has 0 heterocycles. The van der Waals surface area contributed by atoms with Crippen molar-refractivity contribution in [2.75, 3.05) is 5.88 Å². The van der Waals surface area contributed by atoms with Crippen LogP contribution in [-0.2, 0) is 4.79 Å². The van der Waals surface area contributed by atoms with Crippen LogP contribution in [0.1, 0.15) is 12.8 Å². The topological polar surface area (TPSA) is 38.3 Å². The van der Waals surface area contributed by atoms with Crippen molar-refractivity contribution < 1.29 is 9.53 Å². The zero-order valence-electron chi connectivity index (χ0n) is 8.86. The molecule has 0 aliphatic heterocycles. The quantitative estimate of drug-likeness (QED) is 0.816. The summed E-state index contributed by atoms with van der Waals surface area (Å²) in [5.74, 6) is 0.806. The lowest BCUT2D eigenvalue weighted by molar-refractivity contribution is -0.120. The molecule has 1 aromatic rings. The summed E-state index contributed by atoms with van der Waals surface area (Å²) in [6.07, 6.45) is 1.93. The van der Waals surface area contributed by atoms with Crippen LogP contribution in [-0.4, -0.2) is 23.9 Å². The molecule has 16 heavy (non-hydrogen) atoms. The molecule has 0 spiro atoms. The van der Waals surface area contributed by atoms with Crippen LogP contribution >= 0.6 is 11.6 Å². The van der Waals surface area contributed by atoms with E-state index in [2.05, 4.69) is 5.32 Å². The summed E-state index contributed by atoms with van der Waals surface area (Å²) in [5, 5.41) is 2.83. The predicted molar refractivity (Wildman–Crippen MR) is 62.7 cm³/mol. The van der Waals surface area contributed by atoms with Crippen molar-refractivity contribution in [2.24, 2.45) is 0 Å². The number of nitrogens with one attached hydrogen (secondary N) is 1. The summed E-state index contributed by atoms with van der Waals surface area (Å²) in [4.78, 5) is 11.0. The highest BCUT2D eigenvalue weighted by molar-refractivity contribution is 6.27. The third-order valence-electron chi connectivity index (χ3n) is 2.63. The molecule has 86 valence electrons. The Kier molecular flexibility index (Phi) is 3.67. The second-order valence-electron chi connectivity index (χ2n) is 3.92. The lowest BCUT2D eigenvalue weighted by Gasteiger charge is -2.35. The van der Waals surface area contributed by atoms with Gasteiger partial charge in [-0.25, -0.2) is 0 Å². The molecular formula is C12H14ClNO2. The number of rotatable bonds is 4. The number of benzene rings is 1. The van der Waals surface area contributed by atoms with Crippen molar-refractivity contribution in [3.63, 3.8) is 0 Å². The van der Waals surface area contributed by atoms with E-state index < -0.39 is 0 Å². The molecule has 0 bridgehead atoms. The Balaban J connectivity index is 1.71. The number of carbonyl (C=O) groups excluding carboxylic acids is 1. The van der Waals surface area contributed by atoms with Crippen molar-refractivity contribution in [2.45, 2.75) is 25.0 Å². The Morgan fingerprint density at radius 3 is 2.69 bits per heavy atom. The van der Waals surface area contributed by atoms with E-state index in [0.29, 0.717) is 0 Å². The first kappa shape index (κ1) is 11.3. The van der Waals surface area contributed by atoms with Gasteiger partial charge >= 0.3 is 0 Å². The molecule has 1 amide bonds. The molecule has 1 N–H and O–H groups in total. The summed E-state index contributed by atoms with van der Waals surface area (Å²) in [6, 6.07) is 9.94. The predicted octanol–water partition coefficient (Wildman–Crippen LogP) is 1.95. The Hall–Kier alpha value is -1.22. The number of alkyl halides is 1. The van der Waals surface area contributed by atoms with Gasteiger partial charge in [0.05, 0.1) is 0 Å². The van der Waals surface area contributed by atoms with E-state index in [1.165, 1.54) is 0 Å². The maximum absolute atomic E-state index is 11.0. The van der Waals surface area contributed by atoms with E-state index in [1.54, 1.807) is 0 Å². The summed E-state index contributed by atoms with van der Waals surface area (Å²) in [7, 11) is 0. The summed E-state index contributed by atoms with van der Waals surface area (Å²) >= 11 is 5.40. The van der Waals surface area contributed by atoms with E-state index >= 15 is 0 Å². The standard InChI is InChI=1S/C12H14ClNO2/c13-8-12(15)14-9-6-11(7-9)16-10-4-2-1-3-5-10/h1-5,9,11H,6-8H2,(H,14,15). The Bertz CT molecular complexity index is 349. The number of hydrogen-bond donors (Lipinski definition) is 1. The average molecular weight is 240 g/mol. The van der Waals surface area contributed by atoms with Gasteiger partial charge in [-0.1, -0.05) is 18.2 Å². The molecular weight excluding hydrogens is 226 g/mol. The van der Waals surface area contributed by atoms with Crippen LogP contribution in [0.25, 0.3) is 0 Å². The van der Waals surface area contributed by atoms with E-state index in [-0.39, 0.29) is 23.9 Å². The molecule has 1 saturated carbocycles. The number of para-hydroxylation sites is 1. The molecule has 1 aliphatic rings. The SMILES string of the molecule is O=C(CCl)NC1CC(Oc2ccccc2)C1. The van der Waals surface area contributed by atoms with E-state index in [0.717, 1.165) is 18.6 Å². The molecule has 4 heteroatoms. The lowest BCUT2D eigenvalue weighted by Crippen LogP contribution is -2.49. The maximum Gasteiger partial charge on any atom is 0.235 e. The highest BCUT2D eigenvalue weighted by Crippen LogP contribution is 2.25. The normalized spacial score (nSPS) is 23.3. The summed E-state index contributed by atoms with van der Waals surface area (Å²) in [5.41, 5.74) is 0. The average Bonchev–Trinajstić information content (AvgIpc) is 2.27. The van der Waals surface area contributed by atoms with Crippen molar-refractivity contribution in [1.82, 2.24) is 5.32 Å². The molecule has 1 fully saturated rings. The number of halogens is 1. The zero-order chi connectivity index (χ0) is 11.4. The van der Waals surface area contributed by atoms with Gasteiger partial charge in [-0.05, 0) is 12.1 Å². The smallest absolute Gasteiger partial charge is 0.235 e. The second kappa shape index (κ2) is 5.21. The first-order chi connectivity index (χ1) is 7.78. The monoisotopic (exact) mass is 239 g/mol. The highest BCUT2D eigenvalue weighted by Gasteiger charge is 2.31. The Morgan fingerprint density at radius 1 is 1.38 bits per heavy atom. The zero-order valence-corrected chi connectivity index (χ0v) is 9.61. The van der Waals surface area contributed by atoms with E-state index in [9.17, 15) is 4.79 Å². The van der Waals surface area contributed by atoms with Gasteiger partial charge in [0.1, 0.15) is 17.7 Å². The van der Waals surface area contributed by atoms with Gasteiger partial charge in [-0.3, -0.25) is 4.79 Å². The van der Waals surface area contributed by atoms with Crippen LogP contribution in [0.3, 0.4) is 0 Å². The maximum atomic E-state index is 11.0. The van der Waals surface area contributed by atoms with Crippen LogP contribution in [0.2, 0.25) is 0 Å². The molecule has 1 aromatic carbocycles.